The number of thioether (sulfide) groups is 1. The van der Waals surface area contributed by atoms with E-state index in [0.717, 1.165) is 32.7 Å². The maximum atomic E-state index is 13.0. The Labute approximate surface area is 178 Å². The van der Waals surface area contributed by atoms with E-state index < -0.39 is 11.4 Å². The average Bonchev–Trinajstić information content (AvgIpc) is 2.68. The molecule has 0 aliphatic carbocycles. The summed E-state index contributed by atoms with van der Waals surface area (Å²) in [5.41, 5.74) is 4.32. The molecule has 0 amide bonds. The van der Waals surface area contributed by atoms with Crippen LogP contribution in [0.15, 0.2) is 41.3 Å². The highest BCUT2D eigenvalue weighted by Crippen LogP contribution is 2.33. The first-order chi connectivity index (χ1) is 13.5. The molecule has 0 heterocycles. The standard InChI is InChI=1S/C25H32O3S/c1-15-12-20(13-16(2)22(15)14-25(5,6)24(27)28)17(3)18(4)23(26)19-8-10-21(29-7)11-9-19/h8-13,17-18H,14H2,1-7H3,(H,27,28)/t17-,18-/m1/s1. The molecule has 29 heavy (non-hydrogen) atoms. The molecule has 156 valence electrons. The van der Waals surface area contributed by atoms with Gasteiger partial charge in [0.25, 0.3) is 0 Å². The van der Waals surface area contributed by atoms with Crippen LogP contribution in [0, 0.1) is 25.2 Å². The van der Waals surface area contributed by atoms with Gasteiger partial charge >= 0.3 is 5.97 Å². The van der Waals surface area contributed by atoms with E-state index in [9.17, 15) is 14.7 Å². The van der Waals surface area contributed by atoms with Gasteiger partial charge in [0.05, 0.1) is 5.41 Å². The lowest BCUT2D eigenvalue weighted by molar-refractivity contribution is -0.146. The van der Waals surface area contributed by atoms with Crippen LogP contribution in [0.4, 0.5) is 0 Å². The Morgan fingerprint density at radius 3 is 2.00 bits per heavy atom. The van der Waals surface area contributed by atoms with Gasteiger partial charge in [-0.2, -0.15) is 0 Å². The van der Waals surface area contributed by atoms with E-state index >= 15 is 0 Å². The maximum Gasteiger partial charge on any atom is 0.309 e. The summed E-state index contributed by atoms with van der Waals surface area (Å²) in [5.74, 6) is -0.714. The van der Waals surface area contributed by atoms with Crippen LogP contribution in [-0.4, -0.2) is 23.1 Å². The van der Waals surface area contributed by atoms with Crippen molar-refractivity contribution in [2.75, 3.05) is 6.26 Å². The summed E-state index contributed by atoms with van der Waals surface area (Å²) in [6.45, 7) is 11.7. The van der Waals surface area contributed by atoms with Crippen molar-refractivity contribution < 1.29 is 14.7 Å². The molecule has 4 heteroatoms. The summed E-state index contributed by atoms with van der Waals surface area (Å²) >= 11 is 1.66. The topological polar surface area (TPSA) is 54.4 Å². The Kier molecular flexibility index (Phi) is 7.34. The quantitative estimate of drug-likeness (QED) is 0.408. The molecule has 0 unspecified atom stereocenters. The second-order valence-corrected chi connectivity index (χ2v) is 9.55. The van der Waals surface area contributed by atoms with Crippen molar-refractivity contribution in [3.63, 3.8) is 0 Å². The minimum absolute atomic E-state index is 0.0710. The number of carboxylic acid groups (broad SMARTS) is 1. The van der Waals surface area contributed by atoms with Crippen LogP contribution in [-0.2, 0) is 11.2 Å². The van der Waals surface area contributed by atoms with Crippen molar-refractivity contribution in [3.8, 4) is 0 Å². The van der Waals surface area contributed by atoms with Gasteiger partial charge < -0.3 is 5.11 Å². The van der Waals surface area contributed by atoms with Gasteiger partial charge in [0, 0.05) is 16.4 Å². The first-order valence-electron chi connectivity index (χ1n) is 9.99. The third-order valence-electron chi connectivity index (χ3n) is 5.98. The number of carbonyl (C=O) groups excluding carboxylic acids is 1. The first-order valence-corrected chi connectivity index (χ1v) is 11.2. The lowest BCUT2D eigenvalue weighted by atomic mass is 9.79. The summed E-state index contributed by atoms with van der Waals surface area (Å²) in [7, 11) is 0. The molecule has 2 aromatic carbocycles. The van der Waals surface area contributed by atoms with Crippen LogP contribution in [0.25, 0.3) is 0 Å². The molecule has 0 aliphatic rings. The third-order valence-corrected chi connectivity index (χ3v) is 6.72. The summed E-state index contributed by atoms with van der Waals surface area (Å²) in [6.07, 6.45) is 2.51. The Morgan fingerprint density at radius 1 is 1.03 bits per heavy atom. The summed E-state index contributed by atoms with van der Waals surface area (Å²) < 4.78 is 0. The van der Waals surface area contributed by atoms with Gasteiger partial charge in [0.1, 0.15) is 0 Å². The summed E-state index contributed by atoms with van der Waals surface area (Å²) in [6, 6.07) is 12.0. The Hall–Kier alpha value is -2.07. The fourth-order valence-electron chi connectivity index (χ4n) is 3.62. The molecular weight excluding hydrogens is 380 g/mol. The predicted molar refractivity (Wildman–Crippen MR) is 121 cm³/mol. The molecule has 0 saturated heterocycles. The summed E-state index contributed by atoms with van der Waals surface area (Å²) in [5, 5.41) is 9.46. The van der Waals surface area contributed by atoms with Gasteiger partial charge in [-0.15, -0.1) is 11.8 Å². The van der Waals surface area contributed by atoms with Gasteiger partial charge in [-0.1, -0.05) is 38.1 Å². The van der Waals surface area contributed by atoms with Gasteiger partial charge in [0.15, 0.2) is 5.78 Å². The second kappa shape index (κ2) is 9.17. The molecule has 0 aliphatic heterocycles. The van der Waals surface area contributed by atoms with Crippen molar-refractivity contribution in [3.05, 3.63) is 64.2 Å². The number of carboxylic acids is 1. The number of aliphatic carboxylic acids is 1. The van der Waals surface area contributed by atoms with Gasteiger partial charge in [0.2, 0.25) is 0 Å². The number of hydrogen-bond acceptors (Lipinski definition) is 3. The highest BCUT2D eigenvalue weighted by Gasteiger charge is 2.29. The molecule has 2 aromatic rings. The molecule has 0 fully saturated rings. The normalized spacial score (nSPS) is 13.8. The lowest BCUT2D eigenvalue weighted by Gasteiger charge is -2.25. The van der Waals surface area contributed by atoms with E-state index in [-0.39, 0.29) is 17.6 Å². The minimum atomic E-state index is -0.811. The molecular formula is C25H32O3S. The third kappa shape index (κ3) is 5.30. The van der Waals surface area contributed by atoms with E-state index in [4.69, 9.17) is 0 Å². The Morgan fingerprint density at radius 2 is 1.55 bits per heavy atom. The average molecular weight is 413 g/mol. The largest absolute Gasteiger partial charge is 0.481 e. The fraction of sp³-hybridized carbons (Fsp3) is 0.440. The molecule has 0 saturated carbocycles. The van der Waals surface area contributed by atoms with E-state index in [1.54, 1.807) is 25.6 Å². The zero-order chi connectivity index (χ0) is 21.9. The Bertz CT molecular complexity index is 874. The number of Topliss-reactive ketones (excluding diaryl/α,β-unsaturated/α-hetero) is 1. The number of benzene rings is 2. The smallest absolute Gasteiger partial charge is 0.309 e. The monoisotopic (exact) mass is 412 g/mol. The van der Waals surface area contributed by atoms with Crippen LogP contribution < -0.4 is 0 Å². The molecule has 0 spiro atoms. The molecule has 1 N–H and O–H groups in total. The maximum absolute atomic E-state index is 13.0. The van der Waals surface area contributed by atoms with Crippen LogP contribution in [0.2, 0.25) is 0 Å². The zero-order valence-electron chi connectivity index (χ0n) is 18.5. The van der Waals surface area contributed by atoms with E-state index in [1.165, 1.54) is 0 Å². The number of hydrogen-bond donors (Lipinski definition) is 1. The molecule has 0 radical (unpaired) electrons. The van der Waals surface area contributed by atoms with Crippen molar-refractivity contribution in [2.45, 2.75) is 58.8 Å². The van der Waals surface area contributed by atoms with E-state index in [1.807, 2.05) is 51.3 Å². The fourth-order valence-corrected chi connectivity index (χ4v) is 4.03. The highest BCUT2D eigenvalue weighted by atomic mass is 32.2. The van der Waals surface area contributed by atoms with Crippen LogP contribution in [0.3, 0.4) is 0 Å². The lowest BCUT2D eigenvalue weighted by Crippen LogP contribution is -2.27. The first kappa shape index (κ1) is 23.2. The van der Waals surface area contributed by atoms with Gasteiger partial charge in [-0.3, -0.25) is 9.59 Å². The zero-order valence-corrected chi connectivity index (χ0v) is 19.3. The van der Waals surface area contributed by atoms with Gasteiger partial charge in [-0.05, 0) is 80.7 Å². The van der Waals surface area contributed by atoms with Crippen LogP contribution in [0.5, 0.6) is 0 Å². The molecule has 0 bridgehead atoms. The Balaban J connectivity index is 2.26. The predicted octanol–water partition coefficient (Wildman–Crippen LogP) is 6.30. The number of rotatable bonds is 8. The minimum Gasteiger partial charge on any atom is -0.481 e. The summed E-state index contributed by atoms with van der Waals surface area (Å²) in [4.78, 5) is 25.7. The molecule has 3 nitrogen and oxygen atoms in total. The van der Waals surface area contributed by atoms with Crippen molar-refractivity contribution in [2.24, 2.45) is 11.3 Å². The van der Waals surface area contributed by atoms with E-state index in [2.05, 4.69) is 19.1 Å². The van der Waals surface area contributed by atoms with E-state index in [0.29, 0.717) is 6.42 Å². The van der Waals surface area contributed by atoms with Crippen LogP contribution >= 0.6 is 11.8 Å². The number of aryl methyl sites for hydroxylation is 2. The van der Waals surface area contributed by atoms with Crippen LogP contribution in [0.1, 0.15) is 66.2 Å². The van der Waals surface area contributed by atoms with Crippen molar-refractivity contribution in [1.29, 1.82) is 0 Å². The number of ketones is 1. The van der Waals surface area contributed by atoms with Crippen molar-refractivity contribution >= 4 is 23.5 Å². The molecule has 0 aromatic heterocycles. The highest BCUT2D eigenvalue weighted by molar-refractivity contribution is 7.98. The molecule has 2 atom stereocenters. The van der Waals surface area contributed by atoms with Gasteiger partial charge in [-0.25, -0.2) is 0 Å². The van der Waals surface area contributed by atoms with Crippen molar-refractivity contribution in [1.82, 2.24) is 0 Å². The molecule has 2 rings (SSSR count). The SMILES string of the molecule is CSc1ccc(C(=O)[C@H](C)[C@@H](C)c2cc(C)c(CC(C)(C)C(=O)O)c(C)c2)cc1. The number of carbonyl (C=O) groups is 2. The second-order valence-electron chi connectivity index (χ2n) is 8.67.